The van der Waals surface area contributed by atoms with Crippen LogP contribution in [-0.4, -0.2) is 68.5 Å². The number of aliphatic hydroxyl groups excluding tert-OH is 1. The molecule has 0 saturated heterocycles. The summed E-state index contributed by atoms with van der Waals surface area (Å²) >= 11 is 0. The number of aliphatic hydroxyl groups is 1. The highest BCUT2D eigenvalue weighted by Gasteiger charge is 2.24. The highest BCUT2D eigenvalue weighted by molar-refractivity contribution is 7.45. The van der Waals surface area contributed by atoms with Crippen LogP contribution in [0.3, 0.4) is 0 Å². The van der Waals surface area contributed by atoms with E-state index in [1.807, 2.05) is 21.1 Å². The second-order valence-corrected chi connectivity index (χ2v) is 28.4. The van der Waals surface area contributed by atoms with Crippen molar-refractivity contribution in [1.82, 2.24) is 5.32 Å². The maximum Gasteiger partial charge on any atom is 0.268 e. The average Bonchev–Trinajstić information content (AvgIpc) is 3.50. The molecule has 0 rings (SSSR count). The molecule has 0 heterocycles. The van der Waals surface area contributed by atoms with Crippen molar-refractivity contribution in [3.63, 3.8) is 0 Å². The van der Waals surface area contributed by atoms with E-state index >= 15 is 0 Å². The van der Waals surface area contributed by atoms with Crippen LogP contribution in [0.15, 0.2) is 24.3 Å². The van der Waals surface area contributed by atoms with Gasteiger partial charge in [0.2, 0.25) is 5.91 Å². The predicted octanol–water partition coefficient (Wildman–Crippen LogP) is 23.2. The maximum atomic E-state index is 13.1. The second-order valence-electron chi connectivity index (χ2n) is 27.0. The van der Waals surface area contributed by atoms with Crippen LogP contribution in [-0.2, 0) is 18.4 Å². The monoisotopic (exact) mass is 1190 g/mol. The summed E-state index contributed by atoms with van der Waals surface area (Å²) in [5, 5.41) is 14.1. The van der Waals surface area contributed by atoms with Crippen molar-refractivity contribution in [2.75, 3.05) is 40.9 Å². The van der Waals surface area contributed by atoms with E-state index in [1.54, 1.807) is 0 Å². The number of likely N-dealkylation sites (N-methyl/N-ethyl adjacent to an activating group) is 1. The molecule has 2 N–H and O–H groups in total. The Labute approximate surface area is 519 Å². The molecule has 0 aromatic rings. The predicted molar refractivity (Wildman–Crippen MR) is 362 cm³/mol. The normalized spacial score (nSPS) is 13.7. The van der Waals surface area contributed by atoms with Gasteiger partial charge in [0.25, 0.3) is 7.82 Å². The van der Waals surface area contributed by atoms with Gasteiger partial charge in [0.05, 0.1) is 39.9 Å². The van der Waals surface area contributed by atoms with Gasteiger partial charge >= 0.3 is 0 Å². The van der Waals surface area contributed by atoms with E-state index in [4.69, 9.17) is 9.05 Å². The minimum absolute atomic E-state index is 0.0148. The van der Waals surface area contributed by atoms with E-state index in [-0.39, 0.29) is 19.1 Å². The SMILES string of the molecule is CCCCCCC/C=C\C/C=C\CCCCCCCCCCCCCCCCCCCC(=O)NC(COP(=O)([O-])OCC[N+](C)(C)C)C(O)CCCCCCCCCCCCCCCCCCCCCCCCCCCCCCCCCC. The van der Waals surface area contributed by atoms with Crippen molar-refractivity contribution < 1.29 is 32.9 Å². The van der Waals surface area contributed by atoms with Gasteiger partial charge in [0.1, 0.15) is 13.2 Å². The zero-order chi connectivity index (χ0) is 60.5. The highest BCUT2D eigenvalue weighted by Crippen LogP contribution is 2.38. The van der Waals surface area contributed by atoms with Gasteiger partial charge < -0.3 is 28.8 Å². The van der Waals surface area contributed by atoms with Gasteiger partial charge in [-0.15, -0.1) is 0 Å². The molecule has 0 aliphatic rings. The quantitative estimate of drug-likeness (QED) is 0.0272. The summed E-state index contributed by atoms with van der Waals surface area (Å²) in [5.41, 5.74) is 0. The first-order valence-corrected chi connectivity index (χ1v) is 38.6. The Kier molecular flexibility index (Phi) is 64.6. The van der Waals surface area contributed by atoms with E-state index < -0.39 is 20.0 Å². The lowest BCUT2D eigenvalue weighted by Crippen LogP contribution is -2.46. The Bertz CT molecular complexity index is 1400. The second kappa shape index (κ2) is 65.4. The van der Waals surface area contributed by atoms with Crippen molar-refractivity contribution in [3.8, 4) is 0 Å². The molecule has 494 valence electrons. The van der Waals surface area contributed by atoms with Crippen molar-refractivity contribution in [2.45, 2.75) is 405 Å². The molecule has 0 radical (unpaired) electrons. The van der Waals surface area contributed by atoms with Crippen molar-refractivity contribution in [1.29, 1.82) is 0 Å². The number of carbonyl (C=O) groups is 1. The number of allylic oxidation sites excluding steroid dienone is 4. The number of nitrogens with one attached hydrogen (secondary N) is 1. The first-order valence-electron chi connectivity index (χ1n) is 37.2. The molecule has 1 amide bonds. The van der Waals surface area contributed by atoms with E-state index in [0.717, 1.165) is 44.9 Å². The van der Waals surface area contributed by atoms with Crippen LogP contribution in [0.4, 0.5) is 0 Å². The fourth-order valence-corrected chi connectivity index (χ4v) is 12.4. The van der Waals surface area contributed by atoms with Gasteiger partial charge in [-0.25, -0.2) is 0 Å². The molecule has 0 aromatic heterocycles. The zero-order valence-electron chi connectivity index (χ0n) is 56.7. The van der Waals surface area contributed by atoms with E-state index in [2.05, 4.69) is 43.5 Å². The topological polar surface area (TPSA) is 108 Å². The molecule has 0 fully saturated rings. The first-order chi connectivity index (χ1) is 40.5. The number of hydrogen-bond donors (Lipinski definition) is 2. The number of phosphoric acid groups is 1. The van der Waals surface area contributed by atoms with Crippen LogP contribution in [0, 0.1) is 0 Å². The average molecular weight is 1190 g/mol. The molecule has 3 unspecified atom stereocenters. The largest absolute Gasteiger partial charge is 0.756 e. The third-order valence-corrected chi connectivity index (χ3v) is 18.4. The Morgan fingerprint density at radius 1 is 0.422 bits per heavy atom. The summed E-state index contributed by atoms with van der Waals surface area (Å²) < 4.78 is 23.6. The molecule has 3 atom stereocenters. The number of quaternary nitrogens is 1. The van der Waals surface area contributed by atoms with Gasteiger partial charge in [0, 0.05) is 6.42 Å². The van der Waals surface area contributed by atoms with Crippen molar-refractivity contribution >= 4 is 13.7 Å². The van der Waals surface area contributed by atoms with Crippen LogP contribution < -0.4 is 10.2 Å². The number of unbranched alkanes of at least 4 members (excludes halogenated alkanes) is 53. The number of carbonyl (C=O) groups excluding carboxylic acids is 1. The van der Waals surface area contributed by atoms with Gasteiger partial charge in [-0.3, -0.25) is 9.36 Å². The van der Waals surface area contributed by atoms with Crippen LogP contribution >= 0.6 is 7.82 Å². The molecular weight excluding hydrogens is 1040 g/mol. The van der Waals surface area contributed by atoms with E-state index in [1.165, 1.54) is 321 Å². The van der Waals surface area contributed by atoms with Crippen LogP contribution in [0.5, 0.6) is 0 Å². The molecule has 0 aliphatic heterocycles. The van der Waals surface area contributed by atoms with Crippen molar-refractivity contribution in [3.05, 3.63) is 24.3 Å². The Morgan fingerprint density at radius 2 is 0.699 bits per heavy atom. The van der Waals surface area contributed by atoms with Gasteiger partial charge in [-0.1, -0.05) is 366 Å². The molecule has 83 heavy (non-hydrogen) atoms. The summed E-state index contributed by atoms with van der Waals surface area (Å²) in [6, 6.07) is -0.801. The standard InChI is InChI=1S/C74H147N2O6P/c1-6-8-10-12-14-16-18-20-22-24-26-28-30-32-34-36-37-38-40-41-43-45-47-49-51-53-55-57-59-61-63-65-67-73(77)72(71-82-83(79,80)81-70-69-76(3,4)5)75-74(78)68-66-64-62-60-58-56-54-52-50-48-46-44-42-39-35-33-31-29-27-25-23-21-19-17-15-13-11-9-7-2/h19,21,25,27,72-73,77H,6-18,20,22-24,26,28-71H2,1-5H3,(H-,75,78,79,80)/b21-19-,27-25-. The third-order valence-electron chi connectivity index (χ3n) is 17.4. The van der Waals surface area contributed by atoms with Crippen LogP contribution in [0.1, 0.15) is 393 Å². The van der Waals surface area contributed by atoms with Crippen molar-refractivity contribution in [2.24, 2.45) is 0 Å². The Morgan fingerprint density at radius 3 is 1.00 bits per heavy atom. The van der Waals surface area contributed by atoms with E-state index in [0.29, 0.717) is 23.9 Å². The smallest absolute Gasteiger partial charge is 0.268 e. The molecule has 9 heteroatoms. The molecular formula is C74H147N2O6P. The Balaban J connectivity index is 3.97. The number of amides is 1. The van der Waals surface area contributed by atoms with Crippen LogP contribution in [0.2, 0.25) is 0 Å². The minimum Gasteiger partial charge on any atom is -0.756 e. The fourth-order valence-electron chi connectivity index (χ4n) is 11.7. The third kappa shape index (κ3) is 68.3. The molecule has 0 spiro atoms. The lowest BCUT2D eigenvalue weighted by Gasteiger charge is -2.30. The summed E-state index contributed by atoms with van der Waals surface area (Å²) in [5.74, 6) is -0.156. The minimum atomic E-state index is -4.58. The number of rotatable bonds is 70. The first kappa shape index (κ1) is 82.0. The molecule has 0 aromatic carbocycles. The summed E-state index contributed by atoms with van der Waals surface area (Å²) in [6.45, 7) is 4.78. The Hall–Kier alpha value is -1.02. The van der Waals surface area contributed by atoms with Gasteiger partial charge in [-0.2, -0.15) is 0 Å². The summed E-state index contributed by atoms with van der Waals surface area (Å²) in [6.07, 6.45) is 85.6. The highest BCUT2D eigenvalue weighted by atomic mass is 31.2. The van der Waals surface area contributed by atoms with Crippen LogP contribution in [0.25, 0.3) is 0 Å². The molecule has 0 aliphatic carbocycles. The molecule has 0 bridgehead atoms. The maximum absolute atomic E-state index is 13.1. The number of phosphoric ester groups is 1. The van der Waals surface area contributed by atoms with Gasteiger partial charge in [-0.05, 0) is 44.9 Å². The number of hydrogen-bond acceptors (Lipinski definition) is 6. The zero-order valence-corrected chi connectivity index (χ0v) is 57.6. The fraction of sp³-hybridized carbons (Fsp3) is 0.932. The van der Waals surface area contributed by atoms with Gasteiger partial charge in [0.15, 0.2) is 0 Å². The molecule has 8 nitrogen and oxygen atoms in total. The summed E-state index contributed by atoms with van der Waals surface area (Å²) in [4.78, 5) is 25.7. The molecule has 0 saturated carbocycles. The number of nitrogens with zero attached hydrogens (tertiary/aromatic N) is 1. The lowest BCUT2D eigenvalue weighted by molar-refractivity contribution is -0.870. The lowest BCUT2D eigenvalue weighted by atomic mass is 10.0. The van der Waals surface area contributed by atoms with E-state index in [9.17, 15) is 19.4 Å². The summed E-state index contributed by atoms with van der Waals surface area (Å²) in [7, 11) is 1.33.